The maximum atomic E-state index is 6.00. The molecule has 1 saturated heterocycles. The molecule has 1 saturated carbocycles. The molecular weight excluding hydrogens is 212 g/mol. The Bertz CT molecular complexity index is 242. The largest absolute Gasteiger partial charge is 0.378 e. The van der Waals surface area contributed by atoms with Crippen molar-refractivity contribution in [1.29, 1.82) is 0 Å². The molecule has 2 rings (SSSR count). The highest BCUT2D eigenvalue weighted by Gasteiger charge is 2.38. The van der Waals surface area contributed by atoms with E-state index in [0.29, 0.717) is 12.0 Å². The van der Waals surface area contributed by atoms with Crippen molar-refractivity contribution in [2.24, 2.45) is 11.7 Å². The maximum absolute atomic E-state index is 6.00. The van der Waals surface area contributed by atoms with Crippen molar-refractivity contribution in [1.82, 2.24) is 4.90 Å². The molecule has 1 aliphatic heterocycles. The molecule has 17 heavy (non-hydrogen) atoms. The molecule has 0 spiro atoms. The van der Waals surface area contributed by atoms with Crippen molar-refractivity contribution in [2.45, 2.75) is 57.5 Å². The minimum Gasteiger partial charge on any atom is -0.378 e. The number of nitrogens with two attached hydrogens (primary N) is 1. The van der Waals surface area contributed by atoms with Crippen LogP contribution in [0.1, 0.15) is 46.0 Å². The zero-order valence-corrected chi connectivity index (χ0v) is 11.5. The van der Waals surface area contributed by atoms with Crippen molar-refractivity contribution >= 4 is 0 Å². The van der Waals surface area contributed by atoms with E-state index in [-0.39, 0.29) is 5.54 Å². The van der Waals surface area contributed by atoms with Crippen LogP contribution in [-0.2, 0) is 4.74 Å². The van der Waals surface area contributed by atoms with Crippen molar-refractivity contribution in [3.05, 3.63) is 0 Å². The quantitative estimate of drug-likeness (QED) is 0.750. The highest BCUT2D eigenvalue weighted by Crippen LogP contribution is 2.32. The van der Waals surface area contributed by atoms with E-state index in [1.54, 1.807) is 0 Å². The van der Waals surface area contributed by atoms with Gasteiger partial charge >= 0.3 is 0 Å². The average molecular weight is 240 g/mol. The second-order valence-corrected chi connectivity index (χ2v) is 6.26. The van der Waals surface area contributed by atoms with Crippen LogP contribution < -0.4 is 5.73 Å². The van der Waals surface area contributed by atoms with Gasteiger partial charge in [-0.1, -0.05) is 19.3 Å². The van der Waals surface area contributed by atoms with Crippen LogP contribution in [0, 0.1) is 5.92 Å². The van der Waals surface area contributed by atoms with E-state index in [9.17, 15) is 0 Å². The highest BCUT2D eigenvalue weighted by atomic mass is 16.5. The lowest BCUT2D eigenvalue weighted by molar-refractivity contribution is -0.0835. The summed E-state index contributed by atoms with van der Waals surface area (Å²) < 4.78 is 5.63. The van der Waals surface area contributed by atoms with Crippen LogP contribution in [0.4, 0.5) is 0 Å². The van der Waals surface area contributed by atoms with Crippen molar-refractivity contribution in [2.75, 3.05) is 26.3 Å². The van der Waals surface area contributed by atoms with Crippen LogP contribution in [0.2, 0.25) is 0 Å². The number of hydrogen-bond donors (Lipinski definition) is 1. The van der Waals surface area contributed by atoms with Gasteiger partial charge in [0.2, 0.25) is 0 Å². The average Bonchev–Trinajstić information content (AvgIpc) is 2.53. The fourth-order valence-corrected chi connectivity index (χ4v) is 3.54. The smallest absolute Gasteiger partial charge is 0.0645 e. The van der Waals surface area contributed by atoms with Crippen LogP contribution in [-0.4, -0.2) is 42.8 Å². The van der Waals surface area contributed by atoms with Crippen molar-refractivity contribution in [3.63, 3.8) is 0 Å². The Morgan fingerprint density at radius 3 is 2.71 bits per heavy atom. The predicted octanol–water partition coefficient (Wildman–Crippen LogP) is 2.00. The molecule has 0 aromatic rings. The normalized spacial score (nSPS) is 35.5. The second kappa shape index (κ2) is 5.68. The first kappa shape index (κ1) is 13.3. The zero-order chi connectivity index (χ0) is 12.3. The molecule has 0 aromatic heterocycles. The van der Waals surface area contributed by atoms with Gasteiger partial charge in [0.15, 0.2) is 0 Å². The third-order valence-electron chi connectivity index (χ3n) is 4.53. The minimum atomic E-state index is 0.181. The van der Waals surface area contributed by atoms with Gasteiger partial charge in [-0.2, -0.15) is 0 Å². The molecule has 0 bridgehead atoms. The second-order valence-electron chi connectivity index (χ2n) is 6.26. The van der Waals surface area contributed by atoms with Crippen LogP contribution in [0.15, 0.2) is 0 Å². The molecule has 0 amide bonds. The lowest BCUT2D eigenvalue weighted by atomic mass is 9.89. The fraction of sp³-hybridized carbons (Fsp3) is 1.00. The summed E-state index contributed by atoms with van der Waals surface area (Å²) in [5.41, 5.74) is 6.18. The molecule has 0 aromatic carbocycles. The number of ether oxygens (including phenoxy) is 1. The Morgan fingerprint density at radius 1 is 1.24 bits per heavy atom. The number of morpholine rings is 1. The molecule has 1 heterocycles. The van der Waals surface area contributed by atoms with Crippen LogP contribution in [0.25, 0.3) is 0 Å². The zero-order valence-electron chi connectivity index (χ0n) is 11.5. The molecule has 2 unspecified atom stereocenters. The van der Waals surface area contributed by atoms with Gasteiger partial charge in [0.25, 0.3) is 0 Å². The summed E-state index contributed by atoms with van der Waals surface area (Å²) in [6, 6.07) is 0.682. The van der Waals surface area contributed by atoms with Gasteiger partial charge in [0.05, 0.1) is 13.2 Å². The number of hydrogen-bond acceptors (Lipinski definition) is 3. The number of rotatable bonds is 2. The van der Waals surface area contributed by atoms with Crippen molar-refractivity contribution in [3.8, 4) is 0 Å². The first-order valence-electron chi connectivity index (χ1n) is 7.20. The molecule has 2 N–H and O–H groups in total. The molecule has 1 aliphatic carbocycles. The van der Waals surface area contributed by atoms with E-state index in [1.807, 2.05) is 0 Å². The van der Waals surface area contributed by atoms with E-state index in [4.69, 9.17) is 10.5 Å². The summed E-state index contributed by atoms with van der Waals surface area (Å²) in [7, 11) is 0. The topological polar surface area (TPSA) is 38.5 Å². The monoisotopic (exact) mass is 240 g/mol. The van der Waals surface area contributed by atoms with Gasteiger partial charge in [-0.3, -0.25) is 4.90 Å². The van der Waals surface area contributed by atoms with Crippen molar-refractivity contribution < 1.29 is 4.74 Å². The predicted molar refractivity (Wildman–Crippen MR) is 71.0 cm³/mol. The summed E-state index contributed by atoms with van der Waals surface area (Å²) in [5, 5.41) is 0. The van der Waals surface area contributed by atoms with Gasteiger partial charge in [-0.05, 0) is 39.2 Å². The summed E-state index contributed by atoms with van der Waals surface area (Å²) in [6.45, 7) is 8.29. The molecular formula is C14H28N2O. The molecule has 2 aliphatic rings. The van der Waals surface area contributed by atoms with Gasteiger partial charge < -0.3 is 10.5 Å². The van der Waals surface area contributed by atoms with Gasteiger partial charge in [-0.15, -0.1) is 0 Å². The summed E-state index contributed by atoms with van der Waals surface area (Å²) in [5.74, 6) is 0.690. The van der Waals surface area contributed by atoms with E-state index in [0.717, 1.165) is 26.3 Å². The molecule has 0 radical (unpaired) electrons. The molecule has 2 fully saturated rings. The van der Waals surface area contributed by atoms with Gasteiger partial charge in [0, 0.05) is 18.1 Å². The fourth-order valence-electron chi connectivity index (χ4n) is 3.54. The molecule has 100 valence electrons. The summed E-state index contributed by atoms with van der Waals surface area (Å²) in [6.07, 6.45) is 6.76. The Hall–Kier alpha value is -0.120. The van der Waals surface area contributed by atoms with E-state index in [1.165, 1.54) is 32.1 Å². The minimum absolute atomic E-state index is 0.181. The molecule has 3 nitrogen and oxygen atoms in total. The lowest BCUT2D eigenvalue weighted by Crippen LogP contribution is -2.59. The van der Waals surface area contributed by atoms with Crippen LogP contribution >= 0.6 is 0 Å². The van der Waals surface area contributed by atoms with E-state index < -0.39 is 0 Å². The Morgan fingerprint density at radius 2 is 2.00 bits per heavy atom. The maximum Gasteiger partial charge on any atom is 0.0645 e. The Labute approximate surface area is 106 Å². The summed E-state index contributed by atoms with van der Waals surface area (Å²) >= 11 is 0. The Kier molecular flexibility index (Phi) is 4.45. The highest BCUT2D eigenvalue weighted by molar-refractivity contribution is 4.93. The lowest BCUT2D eigenvalue weighted by Gasteiger charge is -2.48. The standard InChI is InChI=1S/C14H28N2O/c1-14(2)11-17-9-8-16(14)13-7-5-3-4-6-12(13)10-15/h12-13H,3-11,15H2,1-2H3. The summed E-state index contributed by atoms with van der Waals surface area (Å²) in [4.78, 5) is 2.68. The Balaban J connectivity index is 2.10. The van der Waals surface area contributed by atoms with Crippen LogP contribution in [0.5, 0.6) is 0 Å². The third kappa shape index (κ3) is 3.01. The van der Waals surface area contributed by atoms with Crippen LogP contribution in [0.3, 0.4) is 0 Å². The van der Waals surface area contributed by atoms with Gasteiger partial charge in [-0.25, -0.2) is 0 Å². The van der Waals surface area contributed by atoms with E-state index >= 15 is 0 Å². The molecule has 2 atom stereocenters. The molecule has 3 heteroatoms. The number of nitrogens with zero attached hydrogens (tertiary/aromatic N) is 1. The first-order chi connectivity index (χ1) is 8.15. The van der Waals surface area contributed by atoms with Gasteiger partial charge in [0.1, 0.15) is 0 Å². The van der Waals surface area contributed by atoms with E-state index in [2.05, 4.69) is 18.7 Å². The third-order valence-corrected chi connectivity index (χ3v) is 4.53. The SMILES string of the molecule is CC1(C)COCCN1C1CCCCCC1CN. The first-order valence-corrected chi connectivity index (χ1v) is 7.20.